The number of nitrogens with zero attached hydrogens (tertiary/aromatic N) is 4. The Morgan fingerprint density at radius 2 is 0.589 bits per heavy atom. The number of furan rings is 2. The van der Waals surface area contributed by atoms with Gasteiger partial charge in [0.15, 0.2) is 0 Å². The molecule has 0 aliphatic carbocycles. The molecule has 262 valence electrons. The van der Waals surface area contributed by atoms with Crippen LogP contribution in [0.5, 0.6) is 0 Å². The second-order valence-electron chi connectivity index (χ2n) is 13.7. The molecule has 4 heterocycles. The molecule has 4 aromatic heterocycles. The highest BCUT2D eigenvalue weighted by Crippen LogP contribution is 2.45. The SMILES string of the molecule is c1ccc(-c2nc3c(nc2-c2ccccc2-c2ccccc2-c2ccccc2-c2nc4oc5ccccc5c4nc2-c2ccccc2)oc2ccccc23)cc1. The van der Waals surface area contributed by atoms with Gasteiger partial charge >= 0.3 is 0 Å². The number of hydrogen-bond donors (Lipinski definition) is 0. The first-order valence-corrected chi connectivity index (χ1v) is 18.6. The molecular formula is C50H30N4O2. The summed E-state index contributed by atoms with van der Waals surface area (Å²) in [6.45, 7) is 0. The van der Waals surface area contributed by atoms with E-state index in [1.807, 2.05) is 84.9 Å². The number of benzene rings is 7. The second-order valence-corrected chi connectivity index (χ2v) is 13.7. The third-order valence-corrected chi connectivity index (χ3v) is 10.4. The molecule has 0 atom stereocenters. The molecule has 6 nitrogen and oxygen atoms in total. The zero-order valence-corrected chi connectivity index (χ0v) is 29.9. The fourth-order valence-corrected chi connectivity index (χ4v) is 7.82. The van der Waals surface area contributed by atoms with E-state index in [1.165, 1.54) is 0 Å². The molecule has 0 spiro atoms. The van der Waals surface area contributed by atoms with Crippen molar-refractivity contribution in [2.45, 2.75) is 0 Å². The molecule has 0 aliphatic heterocycles. The summed E-state index contributed by atoms with van der Waals surface area (Å²) in [5.74, 6) is 0. The van der Waals surface area contributed by atoms with Crippen LogP contribution in [0.3, 0.4) is 0 Å². The zero-order chi connectivity index (χ0) is 37.0. The van der Waals surface area contributed by atoms with Crippen molar-refractivity contribution < 1.29 is 8.83 Å². The van der Waals surface area contributed by atoms with Crippen LogP contribution in [-0.4, -0.2) is 19.9 Å². The van der Waals surface area contributed by atoms with Gasteiger partial charge in [0.05, 0.1) is 11.4 Å². The van der Waals surface area contributed by atoms with Crippen LogP contribution in [0.4, 0.5) is 0 Å². The summed E-state index contributed by atoms with van der Waals surface area (Å²) in [6, 6.07) is 61.8. The average Bonchev–Trinajstić information content (AvgIpc) is 3.83. The van der Waals surface area contributed by atoms with Crippen molar-refractivity contribution in [2.75, 3.05) is 0 Å². The molecule has 0 saturated carbocycles. The van der Waals surface area contributed by atoms with Crippen molar-refractivity contribution in [1.29, 1.82) is 0 Å². The Balaban J connectivity index is 1.14. The Morgan fingerprint density at radius 3 is 1.00 bits per heavy atom. The molecule has 0 unspecified atom stereocenters. The highest BCUT2D eigenvalue weighted by molar-refractivity contribution is 6.06. The van der Waals surface area contributed by atoms with Crippen LogP contribution in [0.1, 0.15) is 0 Å². The molecule has 0 bridgehead atoms. The van der Waals surface area contributed by atoms with E-state index in [4.69, 9.17) is 28.8 Å². The van der Waals surface area contributed by atoms with Gasteiger partial charge in [-0.15, -0.1) is 0 Å². The van der Waals surface area contributed by atoms with Crippen molar-refractivity contribution in [3.63, 3.8) is 0 Å². The second kappa shape index (κ2) is 13.0. The molecule has 6 heteroatoms. The summed E-state index contributed by atoms with van der Waals surface area (Å²) in [7, 11) is 0. The first-order chi connectivity index (χ1) is 27.8. The van der Waals surface area contributed by atoms with Crippen LogP contribution in [0.15, 0.2) is 191 Å². The monoisotopic (exact) mass is 718 g/mol. The lowest BCUT2D eigenvalue weighted by Gasteiger charge is -2.18. The largest absolute Gasteiger partial charge is 0.436 e. The van der Waals surface area contributed by atoms with Gasteiger partial charge in [-0.2, -0.15) is 0 Å². The topological polar surface area (TPSA) is 77.8 Å². The van der Waals surface area contributed by atoms with Crippen LogP contribution in [0, 0.1) is 0 Å². The van der Waals surface area contributed by atoms with Crippen molar-refractivity contribution in [2.24, 2.45) is 0 Å². The molecule has 11 rings (SSSR count). The Kier molecular flexibility index (Phi) is 7.38. The number of fused-ring (bicyclic) bond motifs is 6. The van der Waals surface area contributed by atoms with Crippen molar-refractivity contribution >= 4 is 44.4 Å². The molecule has 7 aromatic carbocycles. The molecule has 56 heavy (non-hydrogen) atoms. The first kappa shape index (κ1) is 31.8. The summed E-state index contributed by atoms with van der Waals surface area (Å²) in [5.41, 5.74) is 15.0. The highest BCUT2D eigenvalue weighted by atomic mass is 16.3. The predicted octanol–water partition coefficient (Wildman–Crippen LogP) is 13.1. The smallest absolute Gasteiger partial charge is 0.246 e. The lowest BCUT2D eigenvalue weighted by molar-refractivity contribution is 0.653. The molecule has 0 radical (unpaired) electrons. The van der Waals surface area contributed by atoms with E-state index in [9.17, 15) is 0 Å². The van der Waals surface area contributed by atoms with E-state index in [-0.39, 0.29) is 0 Å². The normalized spacial score (nSPS) is 11.6. The zero-order valence-electron chi connectivity index (χ0n) is 29.9. The molecule has 11 aromatic rings. The fourth-order valence-electron chi connectivity index (χ4n) is 7.82. The van der Waals surface area contributed by atoms with Gasteiger partial charge in [-0.3, -0.25) is 0 Å². The maximum absolute atomic E-state index is 6.31. The molecular weight excluding hydrogens is 689 g/mol. The fraction of sp³-hybridized carbons (Fsp3) is 0. The third kappa shape index (κ3) is 5.19. The molecule has 0 fully saturated rings. The van der Waals surface area contributed by atoms with E-state index in [0.29, 0.717) is 11.4 Å². The van der Waals surface area contributed by atoms with Crippen molar-refractivity contribution in [3.8, 4) is 67.3 Å². The van der Waals surface area contributed by atoms with Crippen LogP contribution < -0.4 is 0 Å². The number of aromatic nitrogens is 4. The predicted molar refractivity (Wildman–Crippen MR) is 225 cm³/mol. The molecule has 0 saturated heterocycles. The number of hydrogen-bond acceptors (Lipinski definition) is 6. The molecule has 0 N–H and O–H groups in total. The first-order valence-electron chi connectivity index (χ1n) is 18.6. The van der Waals surface area contributed by atoms with E-state index in [1.54, 1.807) is 0 Å². The van der Waals surface area contributed by atoms with Crippen LogP contribution in [-0.2, 0) is 0 Å². The van der Waals surface area contributed by atoms with Gasteiger partial charge in [0.2, 0.25) is 11.4 Å². The van der Waals surface area contributed by atoms with Gasteiger partial charge in [0.25, 0.3) is 0 Å². The Bertz CT molecular complexity index is 3040. The van der Waals surface area contributed by atoms with Gasteiger partial charge in [-0.1, -0.05) is 158 Å². The Labute approximate surface area is 321 Å². The molecule has 0 aliphatic rings. The van der Waals surface area contributed by atoms with E-state index < -0.39 is 0 Å². The quantitative estimate of drug-likeness (QED) is 0.170. The van der Waals surface area contributed by atoms with Gasteiger partial charge in [-0.25, -0.2) is 19.9 Å². The van der Waals surface area contributed by atoms with Gasteiger partial charge in [-0.05, 0) is 46.5 Å². The lowest BCUT2D eigenvalue weighted by atomic mass is 9.87. The summed E-state index contributed by atoms with van der Waals surface area (Å²) >= 11 is 0. The maximum Gasteiger partial charge on any atom is 0.246 e. The Hall–Kier alpha value is -7.70. The van der Waals surface area contributed by atoms with E-state index in [0.717, 1.165) is 100 Å². The van der Waals surface area contributed by atoms with E-state index >= 15 is 0 Å². The summed E-state index contributed by atoms with van der Waals surface area (Å²) < 4.78 is 12.6. The minimum Gasteiger partial charge on any atom is -0.436 e. The third-order valence-electron chi connectivity index (χ3n) is 10.4. The molecule has 0 amide bonds. The lowest BCUT2D eigenvalue weighted by Crippen LogP contribution is -1.98. The van der Waals surface area contributed by atoms with Crippen LogP contribution in [0.2, 0.25) is 0 Å². The highest BCUT2D eigenvalue weighted by Gasteiger charge is 2.24. The van der Waals surface area contributed by atoms with Crippen molar-refractivity contribution in [3.05, 3.63) is 182 Å². The van der Waals surface area contributed by atoms with Crippen LogP contribution in [0.25, 0.3) is 112 Å². The van der Waals surface area contributed by atoms with Gasteiger partial charge < -0.3 is 8.83 Å². The Morgan fingerprint density at radius 1 is 0.268 bits per heavy atom. The van der Waals surface area contributed by atoms with Crippen LogP contribution >= 0.6 is 0 Å². The minimum absolute atomic E-state index is 0.502. The standard InChI is InChI=1S/C50H30N4O2/c1-3-17-31(18-4-1)43-45(53-49-47(51-43)39-27-13-15-29-41(39)55-49)37-25-11-9-23-35(37)33-21-7-8-22-34(33)36-24-10-12-26-38(36)46-44(32-19-5-2-6-20-32)52-48-40-28-14-16-30-42(40)56-50(48)54-46/h1-30H. The summed E-state index contributed by atoms with van der Waals surface area (Å²) in [4.78, 5) is 21.0. The number of para-hydroxylation sites is 2. The maximum atomic E-state index is 6.31. The minimum atomic E-state index is 0.502. The van der Waals surface area contributed by atoms with Gasteiger partial charge in [0.1, 0.15) is 33.6 Å². The summed E-state index contributed by atoms with van der Waals surface area (Å²) in [6.07, 6.45) is 0. The van der Waals surface area contributed by atoms with E-state index in [2.05, 4.69) is 97.1 Å². The number of rotatable bonds is 6. The van der Waals surface area contributed by atoms with Gasteiger partial charge in [0, 0.05) is 33.0 Å². The van der Waals surface area contributed by atoms with Crippen molar-refractivity contribution in [1.82, 2.24) is 19.9 Å². The average molecular weight is 719 g/mol. The summed E-state index contributed by atoms with van der Waals surface area (Å²) in [5, 5.41) is 1.88.